The van der Waals surface area contributed by atoms with E-state index in [4.69, 9.17) is 9.47 Å². The normalized spacial score (nSPS) is 14.0. The van der Waals surface area contributed by atoms with E-state index in [1.165, 1.54) is 6.20 Å². The summed E-state index contributed by atoms with van der Waals surface area (Å²) in [4.78, 5) is 33.5. The van der Waals surface area contributed by atoms with Gasteiger partial charge in [-0.1, -0.05) is 0 Å². The highest BCUT2D eigenvalue weighted by Crippen LogP contribution is 2.28. The molecule has 1 aliphatic heterocycles. The Bertz CT molecular complexity index is 1310. The number of likely N-dealkylation sites (tertiary alicyclic amines) is 1. The van der Waals surface area contributed by atoms with Crippen LogP contribution in [0, 0.1) is 16.0 Å². The van der Waals surface area contributed by atoms with Crippen LogP contribution in [0.4, 0.5) is 33.6 Å². The number of aromatic nitrogens is 4. The zero-order chi connectivity index (χ0) is 29.4. The van der Waals surface area contributed by atoms with Crippen LogP contribution in [0.5, 0.6) is 5.75 Å². The topological polar surface area (TPSA) is 150 Å². The molecular weight excluding hydrogens is 528 g/mol. The summed E-state index contributed by atoms with van der Waals surface area (Å²) in [5, 5.41) is 22.0. The first-order valence-corrected chi connectivity index (χ1v) is 13.9. The van der Waals surface area contributed by atoms with Crippen LogP contribution in [-0.2, 0) is 11.3 Å². The van der Waals surface area contributed by atoms with Gasteiger partial charge in [-0.15, -0.1) is 0 Å². The summed E-state index contributed by atoms with van der Waals surface area (Å²) >= 11 is 0. The van der Waals surface area contributed by atoms with Gasteiger partial charge in [0.1, 0.15) is 17.5 Å². The number of carbonyl (C=O) groups is 1. The van der Waals surface area contributed by atoms with Gasteiger partial charge in [-0.25, -0.2) is 9.78 Å². The fourth-order valence-electron chi connectivity index (χ4n) is 4.55. The Kier molecular flexibility index (Phi) is 9.58. The summed E-state index contributed by atoms with van der Waals surface area (Å²) in [5.41, 5.74) is 0.588. The van der Waals surface area contributed by atoms with Crippen molar-refractivity contribution in [2.45, 2.75) is 65.5 Å². The van der Waals surface area contributed by atoms with Crippen LogP contribution in [-0.4, -0.2) is 61.0 Å². The number of nitrogens with one attached hydrogen (secondary N) is 2. The molecule has 2 N–H and O–H groups in total. The highest BCUT2D eigenvalue weighted by atomic mass is 16.6. The van der Waals surface area contributed by atoms with Crippen LogP contribution in [0.1, 0.15) is 53.4 Å². The predicted octanol–water partition coefficient (Wildman–Crippen LogP) is 5.89. The van der Waals surface area contributed by atoms with Crippen LogP contribution < -0.4 is 15.4 Å². The van der Waals surface area contributed by atoms with Crippen molar-refractivity contribution in [3.8, 4) is 5.75 Å². The summed E-state index contributed by atoms with van der Waals surface area (Å²) in [7, 11) is 0. The van der Waals surface area contributed by atoms with Gasteiger partial charge in [0, 0.05) is 31.5 Å². The molecule has 0 atom stereocenters. The van der Waals surface area contributed by atoms with Crippen molar-refractivity contribution in [2.75, 3.05) is 30.3 Å². The molecular formula is C28H38N8O5. The van der Waals surface area contributed by atoms with E-state index >= 15 is 0 Å². The average molecular weight is 567 g/mol. The highest BCUT2D eigenvalue weighted by Gasteiger charge is 2.26. The van der Waals surface area contributed by atoms with Crippen LogP contribution in [0.15, 0.2) is 42.9 Å². The Hall–Kier alpha value is -4.42. The van der Waals surface area contributed by atoms with Gasteiger partial charge in [-0.2, -0.15) is 10.1 Å². The largest absolute Gasteiger partial charge is 0.494 e. The predicted molar refractivity (Wildman–Crippen MR) is 155 cm³/mol. The molecule has 1 aliphatic rings. The molecule has 0 unspecified atom stereocenters. The number of anilines is 4. The molecule has 0 spiro atoms. The monoisotopic (exact) mass is 566 g/mol. The van der Waals surface area contributed by atoms with Gasteiger partial charge in [-0.3, -0.25) is 14.8 Å². The zero-order valence-electron chi connectivity index (χ0n) is 24.0. The molecule has 2 aromatic heterocycles. The van der Waals surface area contributed by atoms with E-state index in [0.717, 1.165) is 45.3 Å². The van der Waals surface area contributed by atoms with Crippen LogP contribution in [0.25, 0.3) is 0 Å². The van der Waals surface area contributed by atoms with Crippen molar-refractivity contribution >= 4 is 34.9 Å². The maximum atomic E-state index is 12.3. The second kappa shape index (κ2) is 13.3. The summed E-state index contributed by atoms with van der Waals surface area (Å²) in [6, 6.07) is 7.08. The minimum atomic E-state index is -0.528. The lowest BCUT2D eigenvalue weighted by Crippen LogP contribution is -2.41. The second-order valence-corrected chi connectivity index (χ2v) is 10.9. The molecule has 0 bridgehead atoms. The van der Waals surface area contributed by atoms with E-state index < -0.39 is 10.5 Å². The van der Waals surface area contributed by atoms with Gasteiger partial charge in [0.15, 0.2) is 0 Å². The lowest BCUT2D eigenvalue weighted by Gasteiger charge is -2.33. The molecule has 0 saturated carbocycles. The molecule has 13 nitrogen and oxygen atoms in total. The van der Waals surface area contributed by atoms with E-state index in [9.17, 15) is 14.9 Å². The Morgan fingerprint density at radius 3 is 2.51 bits per heavy atom. The molecule has 0 radical (unpaired) electrons. The van der Waals surface area contributed by atoms with Gasteiger partial charge < -0.3 is 25.0 Å². The van der Waals surface area contributed by atoms with Gasteiger partial charge in [0.25, 0.3) is 0 Å². The third kappa shape index (κ3) is 8.78. The van der Waals surface area contributed by atoms with Crippen LogP contribution >= 0.6 is 0 Å². The molecule has 1 aromatic carbocycles. The Labute approximate surface area is 239 Å². The van der Waals surface area contributed by atoms with Crippen molar-refractivity contribution in [1.82, 2.24) is 24.6 Å². The molecule has 1 amide bonds. The first-order chi connectivity index (χ1) is 19.6. The fraction of sp³-hybridized carbons (Fsp3) is 0.500. The summed E-state index contributed by atoms with van der Waals surface area (Å²) in [6.07, 6.45) is 8.41. The minimum Gasteiger partial charge on any atom is -0.494 e. The smallest absolute Gasteiger partial charge is 0.410 e. The lowest BCUT2D eigenvalue weighted by atomic mass is 9.92. The number of nitro groups is 1. The molecule has 1 saturated heterocycles. The Morgan fingerprint density at radius 1 is 1.12 bits per heavy atom. The Morgan fingerprint density at radius 2 is 1.85 bits per heavy atom. The van der Waals surface area contributed by atoms with Gasteiger partial charge in [-0.05, 0) is 83.6 Å². The number of benzene rings is 1. The molecule has 1 fully saturated rings. The van der Waals surface area contributed by atoms with Crippen molar-refractivity contribution in [1.29, 1.82) is 0 Å². The molecule has 3 aromatic rings. The molecule has 220 valence electrons. The van der Waals surface area contributed by atoms with Gasteiger partial charge in [0.05, 0.1) is 23.4 Å². The maximum Gasteiger partial charge on any atom is 0.410 e. The third-order valence-corrected chi connectivity index (χ3v) is 6.55. The molecule has 13 heteroatoms. The quantitative estimate of drug-likeness (QED) is 0.212. The van der Waals surface area contributed by atoms with E-state index in [1.54, 1.807) is 35.4 Å². The van der Waals surface area contributed by atoms with E-state index in [1.807, 2.05) is 38.6 Å². The number of ether oxygens (including phenoxy) is 2. The van der Waals surface area contributed by atoms with Crippen LogP contribution in [0.3, 0.4) is 0 Å². The van der Waals surface area contributed by atoms with E-state index in [2.05, 4.69) is 25.7 Å². The van der Waals surface area contributed by atoms with Crippen LogP contribution in [0.2, 0.25) is 0 Å². The SMILES string of the molecule is CCOc1ccc(Nc2nc(Nc3cnn(CCCC4CCN(C(=O)OC(C)(C)C)CC4)c3)ncc2[N+](=O)[O-])cc1. The minimum absolute atomic E-state index is 0.0711. The lowest BCUT2D eigenvalue weighted by molar-refractivity contribution is -0.384. The van der Waals surface area contributed by atoms with Crippen molar-refractivity contribution in [3.05, 3.63) is 53.0 Å². The maximum absolute atomic E-state index is 12.3. The van der Waals surface area contributed by atoms with E-state index in [0.29, 0.717) is 29.6 Å². The van der Waals surface area contributed by atoms with Gasteiger partial charge in [0.2, 0.25) is 11.8 Å². The molecule has 3 heterocycles. The third-order valence-electron chi connectivity index (χ3n) is 6.55. The first-order valence-electron chi connectivity index (χ1n) is 13.9. The number of aryl methyl sites for hydroxylation is 1. The first kappa shape index (κ1) is 29.6. The number of hydrogen-bond donors (Lipinski definition) is 2. The number of hydrogen-bond acceptors (Lipinski definition) is 10. The summed E-state index contributed by atoms with van der Waals surface area (Å²) < 4.78 is 12.8. The average Bonchev–Trinajstić information content (AvgIpc) is 3.36. The van der Waals surface area contributed by atoms with Crippen molar-refractivity contribution in [3.63, 3.8) is 0 Å². The number of carbonyl (C=O) groups excluding carboxylic acids is 1. The highest BCUT2D eigenvalue weighted by molar-refractivity contribution is 5.68. The standard InChI is InChI=1S/C28H38N8O5/c1-5-40-23-10-8-21(9-11-23)31-25-24(36(38)39)18-29-26(33-25)32-22-17-30-35(19-22)14-6-7-20-12-15-34(16-13-20)27(37)41-28(2,3)4/h8-11,17-20H,5-7,12-16H2,1-4H3,(H2,29,31,32,33). The molecule has 4 rings (SSSR count). The number of rotatable bonds is 11. The molecule has 41 heavy (non-hydrogen) atoms. The zero-order valence-corrected chi connectivity index (χ0v) is 24.0. The Balaban J connectivity index is 1.27. The number of amides is 1. The van der Waals surface area contributed by atoms with E-state index in [-0.39, 0.29) is 23.5 Å². The molecule has 0 aliphatic carbocycles. The number of piperidine rings is 1. The summed E-state index contributed by atoms with van der Waals surface area (Å²) in [5.74, 6) is 1.55. The van der Waals surface area contributed by atoms with Gasteiger partial charge >= 0.3 is 11.8 Å². The second-order valence-electron chi connectivity index (χ2n) is 10.9. The fourth-order valence-corrected chi connectivity index (χ4v) is 4.55. The summed E-state index contributed by atoms with van der Waals surface area (Å²) in [6.45, 7) is 10.3. The van der Waals surface area contributed by atoms with Crippen molar-refractivity contribution < 1.29 is 19.2 Å². The van der Waals surface area contributed by atoms with Crippen molar-refractivity contribution in [2.24, 2.45) is 5.92 Å². The number of nitrogens with zero attached hydrogens (tertiary/aromatic N) is 6.